The van der Waals surface area contributed by atoms with Gasteiger partial charge in [-0.1, -0.05) is 0 Å². The SMILES string of the molecule is Cn1c2c(c3cc(O)ccc31)C1(CC1)CNC2. The maximum atomic E-state index is 9.71. The number of benzene rings is 1. The first-order chi connectivity index (χ1) is 8.21. The molecule has 1 aromatic heterocycles. The van der Waals surface area contributed by atoms with E-state index < -0.39 is 0 Å². The lowest BCUT2D eigenvalue weighted by Gasteiger charge is -2.24. The summed E-state index contributed by atoms with van der Waals surface area (Å²) in [5, 5.41) is 14.5. The summed E-state index contributed by atoms with van der Waals surface area (Å²) in [6, 6.07) is 5.74. The molecule has 4 rings (SSSR count). The van der Waals surface area contributed by atoms with Gasteiger partial charge in [0.15, 0.2) is 0 Å². The molecule has 1 aromatic carbocycles. The largest absolute Gasteiger partial charge is 0.508 e. The minimum Gasteiger partial charge on any atom is -0.508 e. The van der Waals surface area contributed by atoms with Crippen LogP contribution < -0.4 is 5.32 Å². The van der Waals surface area contributed by atoms with Gasteiger partial charge in [-0.05, 0) is 36.6 Å². The van der Waals surface area contributed by atoms with Gasteiger partial charge in [-0.2, -0.15) is 0 Å². The van der Waals surface area contributed by atoms with E-state index in [1.807, 2.05) is 12.1 Å². The van der Waals surface area contributed by atoms with E-state index in [0.717, 1.165) is 13.1 Å². The third-order valence-corrected chi connectivity index (χ3v) is 4.44. The van der Waals surface area contributed by atoms with Crippen LogP contribution in [0.5, 0.6) is 5.75 Å². The Morgan fingerprint density at radius 1 is 1.35 bits per heavy atom. The predicted octanol–water partition coefficient (Wildman–Crippen LogP) is 2.02. The minimum absolute atomic E-state index is 0.362. The van der Waals surface area contributed by atoms with Gasteiger partial charge in [0.1, 0.15) is 5.75 Å². The van der Waals surface area contributed by atoms with Gasteiger partial charge in [-0.25, -0.2) is 0 Å². The molecule has 0 unspecified atom stereocenters. The van der Waals surface area contributed by atoms with Gasteiger partial charge >= 0.3 is 0 Å². The quantitative estimate of drug-likeness (QED) is 0.724. The van der Waals surface area contributed by atoms with Gasteiger partial charge in [0.05, 0.1) is 0 Å². The van der Waals surface area contributed by atoms with Crippen molar-refractivity contribution in [2.24, 2.45) is 7.05 Å². The highest BCUT2D eigenvalue weighted by Crippen LogP contribution is 2.53. The average molecular weight is 228 g/mol. The van der Waals surface area contributed by atoms with Crippen molar-refractivity contribution in [2.75, 3.05) is 6.54 Å². The van der Waals surface area contributed by atoms with Crippen LogP contribution in [0.15, 0.2) is 18.2 Å². The standard InChI is InChI=1S/C14H16N2O/c1-16-11-3-2-9(17)6-10(11)13-12(16)7-15-8-14(13)4-5-14/h2-3,6,15,17H,4-5,7-8H2,1H3. The maximum Gasteiger partial charge on any atom is 0.116 e. The lowest BCUT2D eigenvalue weighted by Crippen LogP contribution is -2.33. The highest BCUT2D eigenvalue weighted by molar-refractivity contribution is 5.88. The Hall–Kier alpha value is -1.48. The first-order valence-corrected chi connectivity index (χ1v) is 6.23. The van der Waals surface area contributed by atoms with Gasteiger partial charge in [0, 0.05) is 42.1 Å². The molecule has 88 valence electrons. The first-order valence-electron chi connectivity index (χ1n) is 6.23. The summed E-state index contributed by atoms with van der Waals surface area (Å²) in [4.78, 5) is 0. The van der Waals surface area contributed by atoms with Gasteiger partial charge in [-0.15, -0.1) is 0 Å². The summed E-state index contributed by atoms with van der Waals surface area (Å²) in [5.41, 5.74) is 4.49. The van der Waals surface area contributed by atoms with Crippen molar-refractivity contribution in [3.8, 4) is 5.75 Å². The van der Waals surface area contributed by atoms with Crippen LogP contribution >= 0.6 is 0 Å². The van der Waals surface area contributed by atoms with Crippen molar-refractivity contribution in [1.29, 1.82) is 0 Å². The Morgan fingerprint density at radius 3 is 2.94 bits per heavy atom. The van der Waals surface area contributed by atoms with E-state index in [1.54, 1.807) is 6.07 Å². The molecule has 2 heterocycles. The number of aromatic hydroxyl groups is 1. The highest BCUT2D eigenvalue weighted by Gasteiger charge is 2.49. The van der Waals surface area contributed by atoms with Crippen LogP contribution in [0.4, 0.5) is 0 Å². The molecule has 0 radical (unpaired) electrons. The van der Waals surface area contributed by atoms with Crippen molar-refractivity contribution in [2.45, 2.75) is 24.8 Å². The van der Waals surface area contributed by atoms with Crippen LogP contribution in [0.2, 0.25) is 0 Å². The van der Waals surface area contributed by atoms with Gasteiger partial charge in [0.25, 0.3) is 0 Å². The normalized spacial score (nSPS) is 20.8. The van der Waals surface area contributed by atoms with Crippen molar-refractivity contribution in [3.05, 3.63) is 29.5 Å². The van der Waals surface area contributed by atoms with E-state index in [2.05, 4.69) is 16.9 Å². The van der Waals surface area contributed by atoms with Crippen LogP contribution in [-0.2, 0) is 19.0 Å². The first kappa shape index (κ1) is 9.54. The van der Waals surface area contributed by atoms with Crippen LogP contribution in [0.25, 0.3) is 10.9 Å². The predicted molar refractivity (Wildman–Crippen MR) is 67.2 cm³/mol. The summed E-state index contributed by atoms with van der Waals surface area (Å²) in [5.74, 6) is 0.375. The van der Waals surface area contributed by atoms with Gasteiger partial charge < -0.3 is 15.0 Å². The Kier molecular flexibility index (Phi) is 1.60. The molecule has 0 saturated heterocycles. The average Bonchev–Trinajstić information content (AvgIpc) is 3.01. The summed E-state index contributed by atoms with van der Waals surface area (Å²) in [7, 11) is 2.13. The van der Waals surface area contributed by atoms with Gasteiger partial charge in [0.2, 0.25) is 0 Å². The van der Waals surface area contributed by atoms with Crippen LogP contribution in [0, 0.1) is 0 Å². The Labute approximate surface area is 100 Å². The smallest absolute Gasteiger partial charge is 0.116 e. The number of aromatic nitrogens is 1. The second-order valence-corrected chi connectivity index (χ2v) is 5.47. The van der Waals surface area contributed by atoms with Crippen molar-refractivity contribution in [3.63, 3.8) is 0 Å². The van der Waals surface area contributed by atoms with Crippen molar-refractivity contribution in [1.82, 2.24) is 9.88 Å². The van der Waals surface area contributed by atoms with Crippen molar-refractivity contribution < 1.29 is 5.11 Å². The van der Waals surface area contributed by atoms with Crippen molar-refractivity contribution >= 4 is 10.9 Å². The number of phenols is 1. The third kappa shape index (κ3) is 1.10. The molecule has 1 saturated carbocycles. The zero-order valence-corrected chi connectivity index (χ0v) is 9.95. The maximum absolute atomic E-state index is 9.71. The molecule has 1 aliphatic carbocycles. The molecule has 1 aliphatic heterocycles. The number of nitrogens with one attached hydrogen (secondary N) is 1. The van der Waals surface area contributed by atoms with Gasteiger partial charge in [-0.3, -0.25) is 0 Å². The Morgan fingerprint density at radius 2 is 2.18 bits per heavy atom. The molecular weight excluding hydrogens is 212 g/mol. The molecular formula is C14H16N2O. The molecule has 2 aliphatic rings. The fourth-order valence-electron chi connectivity index (χ4n) is 3.37. The fraction of sp³-hybridized carbons (Fsp3) is 0.429. The number of aryl methyl sites for hydroxylation is 1. The zero-order chi connectivity index (χ0) is 11.6. The highest BCUT2D eigenvalue weighted by atomic mass is 16.3. The lowest BCUT2D eigenvalue weighted by atomic mass is 9.90. The molecule has 0 amide bonds. The zero-order valence-electron chi connectivity index (χ0n) is 9.95. The lowest BCUT2D eigenvalue weighted by molar-refractivity contribution is 0.476. The Balaban J connectivity index is 2.13. The van der Waals surface area contributed by atoms with E-state index >= 15 is 0 Å². The molecule has 1 spiro atoms. The number of rotatable bonds is 0. The van der Waals surface area contributed by atoms with E-state index in [4.69, 9.17) is 0 Å². The topological polar surface area (TPSA) is 37.2 Å². The van der Waals surface area contributed by atoms with E-state index in [0.29, 0.717) is 11.2 Å². The molecule has 2 aromatic rings. The minimum atomic E-state index is 0.362. The van der Waals surface area contributed by atoms with Crippen LogP contribution in [-0.4, -0.2) is 16.2 Å². The van der Waals surface area contributed by atoms with E-state index in [9.17, 15) is 5.11 Å². The fourth-order valence-corrected chi connectivity index (χ4v) is 3.37. The summed E-state index contributed by atoms with van der Waals surface area (Å²) in [6.07, 6.45) is 2.56. The monoisotopic (exact) mass is 228 g/mol. The molecule has 3 heteroatoms. The Bertz CT molecular complexity index is 623. The molecule has 2 N–H and O–H groups in total. The molecule has 0 bridgehead atoms. The molecule has 17 heavy (non-hydrogen) atoms. The number of hydrogen-bond acceptors (Lipinski definition) is 2. The third-order valence-electron chi connectivity index (χ3n) is 4.44. The van der Waals surface area contributed by atoms with E-state index in [1.165, 1.54) is 35.0 Å². The molecule has 0 atom stereocenters. The number of phenolic OH excluding ortho intramolecular Hbond substituents is 1. The second-order valence-electron chi connectivity index (χ2n) is 5.47. The summed E-state index contributed by atoms with van der Waals surface area (Å²) < 4.78 is 2.27. The number of hydrogen-bond donors (Lipinski definition) is 2. The van der Waals surface area contributed by atoms with E-state index in [-0.39, 0.29) is 0 Å². The number of fused-ring (bicyclic) bond motifs is 4. The summed E-state index contributed by atoms with van der Waals surface area (Å²) in [6.45, 7) is 2.04. The molecule has 1 fully saturated rings. The van der Waals surface area contributed by atoms with Crippen LogP contribution in [0.3, 0.4) is 0 Å². The van der Waals surface area contributed by atoms with Crippen LogP contribution in [0.1, 0.15) is 24.1 Å². The number of nitrogens with zero attached hydrogens (tertiary/aromatic N) is 1. The molecule has 3 nitrogen and oxygen atoms in total. The summed E-state index contributed by atoms with van der Waals surface area (Å²) >= 11 is 0. The second kappa shape index (κ2) is 2.85.